The summed E-state index contributed by atoms with van der Waals surface area (Å²) in [6.45, 7) is 4.15. The number of hydrogen-bond acceptors (Lipinski definition) is 6. The van der Waals surface area contributed by atoms with Crippen LogP contribution in [0.3, 0.4) is 0 Å². The van der Waals surface area contributed by atoms with Crippen LogP contribution in [0.2, 0.25) is 0 Å². The summed E-state index contributed by atoms with van der Waals surface area (Å²) in [5.74, 6) is 0.195. The van der Waals surface area contributed by atoms with E-state index in [1.54, 1.807) is 7.11 Å². The summed E-state index contributed by atoms with van der Waals surface area (Å²) in [6.07, 6.45) is 4.39. The second kappa shape index (κ2) is 5.88. The number of fused-ring (bicyclic) bond motifs is 5. The third kappa shape index (κ3) is 2.15. The minimum absolute atomic E-state index is 0.0586. The van der Waals surface area contributed by atoms with Crippen molar-refractivity contribution in [2.24, 2.45) is 5.41 Å². The van der Waals surface area contributed by atoms with E-state index in [0.717, 1.165) is 45.3 Å². The lowest BCUT2D eigenvalue weighted by Gasteiger charge is -2.39. The van der Waals surface area contributed by atoms with Crippen LogP contribution in [-0.2, 0) is 14.3 Å². The minimum Gasteiger partial charge on any atom is -0.387 e. The highest BCUT2D eigenvalue weighted by Crippen LogP contribution is 2.58. The van der Waals surface area contributed by atoms with Crippen molar-refractivity contribution in [3.63, 3.8) is 0 Å². The number of rotatable bonds is 3. The SMILES string of the molecule is CO[C@@H]1COCC[C@@H]1N[C@@H]1CC[C@@]2(C1)C(=O)N1C([C@@H]3C[C@H]1CN3)C2(C)O. The van der Waals surface area contributed by atoms with Crippen LogP contribution in [0.5, 0.6) is 0 Å². The molecular formula is C19H31N3O4. The average molecular weight is 365 g/mol. The topological polar surface area (TPSA) is 83.1 Å². The summed E-state index contributed by atoms with van der Waals surface area (Å²) in [7, 11) is 1.73. The summed E-state index contributed by atoms with van der Waals surface area (Å²) in [5, 5.41) is 18.8. The zero-order valence-corrected chi connectivity index (χ0v) is 15.7. The van der Waals surface area contributed by atoms with Crippen LogP contribution in [0, 0.1) is 5.41 Å². The largest absolute Gasteiger partial charge is 0.387 e. The molecule has 7 heteroatoms. The lowest BCUT2D eigenvalue weighted by Crippen LogP contribution is -2.58. The molecule has 0 aromatic heterocycles. The third-order valence-electron chi connectivity index (χ3n) is 7.98. The maximum Gasteiger partial charge on any atom is 0.232 e. The molecule has 5 fully saturated rings. The zero-order chi connectivity index (χ0) is 18.1. The molecule has 0 aromatic carbocycles. The first-order valence-corrected chi connectivity index (χ1v) is 10.1. The number of amides is 1. The van der Waals surface area contributed by atoms with Gasteiger partial charge in [0.05, 0.1) is 29.8 Å². The van der Waals surface area contributed by atoms with Gasteiger partial charge in [-0.1, -0.05) is 0 Å². The molecule has 2 unspecified atom stereocenters. The Labute approximate surface area is 154 Å². The molecule has 1 aliphatic carbocycles. The lowest BCUT2D eigenvalue weighted by atomic mass is 9.69. The first kappa shape index (κ1) is 17.4. The van der Waals surface area contributed by atoms with Gasteiger partial charge in [-0.25, -0.2) is 0 Å². The molecule has 5 rings (SSSR count). The Hall–Kier alpha value is -0.730. The second-order valence-corrected chi connectivity index (χ2v) is 9.14. The third-order valence-corrected chi connectivity index (χ3v) is 7.98. The van der Waals surface area contributed by atoms with Crippen molar-refractivity contribution >= 4 is 5.91 Å². The quantitative estimate of drug-likeness (QED) is 0.633. The van der Waals surface area contributed by atoms with Crippen LogP contribution in [0.15, 0.2) is 0 Å². The highest BCUT2D eigenvalue weighted by atomic mass is 16.5. The van der Waals surface area contributed by atoms with E-state index in [4.69, 9.17) is 9.47 Å². The number of carbonyl (C=O) groups is 1. The van der Waals surface area contributed by atoms with E-state index in [0.29, 0.717) is 6.61 Å². The normalized spacial score (nSPS) is 53.0. The second-order valence-electron chi connectivity index (χ2n) is 9.14. The maximum absolute atomic E-state index is 13.4. The minimum atomic E-state index is -0.969. The molecule has 7 nitrogen and oxygen atoms in total. The number of nitrogens with one attached hydrogen (secondary N) is 2. The number of ether oxygens (including phenoxy) is 2. The smallest absolute Gasteiger partial charge is 0.232 e. The fraction of sp³-hybridized carbons (Fsp3) is 0.947. The summed E-state index contributed by atoms with van der Waals surface area (Å²) < 4.78 is 11.1. The molecule has 26 heavy (non-hydrogen) atoms. The monoisotopic (exact) mass is 365 g/mol. The van der Waals surface area contributed by atoms with Crippen molar-refractivity contribution in [1.29, 1.82) is 0 Å². The Kier molecular flexibility index (Phi) is 3.93. The van der Waals surface area contributed by atoms with Crippen molar-refractivity contribution < 1.29 is 19.4 Å². The van der Waals surface area contributed by atoms with Gasteiger partial charge in [-0.3, -0.25) is 4.79 Å². The molecule has 146 valence electrons. The van der Waals surface area contributed by atoms with Crippen molar-refractivity contribution in [2.75, 3.05) is 26.9 Å². The Morgan fingerprint density at radius 3 is 3.04 bits per heavy atom. The van der Waals surface area contributed by atoms with E-state index in [2.05, 4.69) is 10.6 Å². The van der Waals surface area contributed by atoms with Crippen LogP contribution in [0.1, 0.15) is 39.0 Å². The molecule has 1 saturated carbocycles. The number of aliphatic hydroxyl groups is 1. The summed E-state index contributed by atoms with van der Waals surface area (Å²) in [4.78, 5) is 15.5. The van der Waals surface area contributed by atoms with Gasteiger partial charge >= 0.3 is 0 Å². The number of carbonyl (C=O) groups excluding carboxylic acids is 1. The van der Waals surface area contributed by atoms with E-state index in [1.807, 2.05) is 11.8 Å². The molecule has 3 N–H and O–H groups in total. The molecule has 0 aromatic rings. The van der Waals surface area contributed by atoms with Crippen LogP contribution < -0.4 is 10.6 Å². The number of nitrogens with zero attached hydrogens (tertiary/aromatic N) is 1. The average Bonchev–Trinajstić information content (AvgIpc) is 3.38. The Bertz CT molecular complexity index is 599. The fourth-order valence-corrected chi connectivity index (χ4v) is 6.60. The Balaban J connectivity index is 1.35. The molecular weight excluding hydrogens is 334 g/mol. The molecule has 4 saturated heterocycles. The van der Waals surface area contributed by atoms with Crippen molar-refractivity contribution in [3.05, 3.63) is 0 Å². The zero-order valence-electron chi connectivity index (χ0n) is 15.7. The van der Waals surface area contributed by atoms with Gasteiger partial charge in [0, 0.05) is 44.4 Å². The van der Waals surface area contributed by atoms with Gasteiger partial charge in [0.2, 0.25) is 5.91 Å². The summed E-state index contributed by atoms with van der Waals surface area (Å²) in [6, 6.07) is 0.953. The highest BCUT2D eigenvalue weighted by molar-refractivity contribution is 5.89. The van der Waals surface area contributed by atoms with Gasteiger partial charge < -0.3 is 30.1 Å². The van der Waals surface area contributed by atoms with E-state index < -0.39 is 11.0 Å². The van der Waals surface area contributed by atoms with E-state index >= 15 is 0 Å². The van der Waals surface area contributed by atoms with Crippen molar-refractivity contribution in [2.45, 2.75) is 80.9 Å². The van der Waals surface area contributed by atoms with E-state index in [9.17, 15) is 9.90 Å². The molecule has 4 heterocycles. The summed E-state index contributed by atoms with van der Waals surface area (Å²) in [5.41, 5.74) is -1.60. The predicted molar refractivity (Wildman–Crippen MR) is 94.7 cm³/mol. The van der Waals surface area contributed by atoms with Crippen molar-refractivity contribution in [1.82, 2.24) is 15.5 Å². The molecule has 5 aliphatic rings. The van der Waals surface area contributed by atoms with Crippen molar-refractivity contribution in [3.8, 4) is 0 Å². The van der Waals surface area contributed by atoms with Gasteiger partial charge in [-0.05, 0) is 39.0 Å². The summed E-state index contributed by atoms with van der Waals surface area (Å²) >= 11 is 0. The number of piperazine rings is 1. The first-order valence-electron chi connectivity index (χ1n) is 10.1. The molecule has 8 atom stereocenters. The van der Waals surface area contributed by atoms with Gasteiger partial charge in [-0.15, -0.1) is 0 Å². The van der Waals surface area contributed by atoms with Crippen LogP contribution in [-0.4, -0.2) is 84.7 Å². The maximum atomic E-state index is 13.4. The standard InChI is InChI=1S/C19H31N3O4/c1-18(24)16-14-7-12(9-20-14)22(16)17(23)19(18)5-3-11(8-19)21-13-4-6-26-10-15(13)25-2/h11-16,20-21,24H,3-10H2,1-2H3/t11-,12+,13+,14+,15-,16?,18?,19-/m1/s1. The Morgan fingerprint density at radius 2 is 2.27 bits per heavy atom. The van der Waals surface area contributed by atoms with Crippen LogP contribution >= 0.6 is 0 Å². The molecule has 0 radical (unpaired) electrons. The van der Waals surface area contributed by atoms with Crippen LogP contribution in [0.4, 0.5) is 0 Å². The Morgan fingerprint density at radius 1 is 1.42 bits per heavy atom. The molecule has 1 spiro atoms. The van der Waals surface area contributed by atoms with Gasteiger partial charge in [0.1, 0.15) is 0 Å². The number of methoxy groups -OCH3 is 1. The highest BCUT2D eigenvalue weighted by Gasteiger charge is 2.73. The van der Waals surface area contributed by atoms with Gasteiger partial charge in [-0.2, -0.15) is 0 Å². The van der Waals surface area contributed by atoms with Gasteiger partial charge in [0.15, 0.2) is 0 Å². The lowest BCUT2D eigenvalue weighted by molar-refractivity contribution is -0.142. The first-order chi connectivity index (χ1) is 12.5. The number of hydrogen-bond donors (Lipinski definition) is 3. The van der Waals surface area contributed by atoms with E-state index in [1.165, 1.54) is 0 Å². The molecule has 2 bridgehead atoms. The van der Waals surface area contributed by atoms with E-state index in [-0.39, 0.29) is 42.2 Å². The molecule has 1 amide bonds. The predicted octanol–water partition coefficient (Wildman–Crippen LogP) is -0.375. The fourth-order valence-electron chi connectivity index (χ4n) is 6.60. The molecule has 4 aliphatic heterocycles. The van der Waals surface area contributed by atoms with Crippen LogP contribution in [0.25, 0.3) is 0 Å². The van der Waals surface area contributed by atoms with Gasteiger partial charge in [0.25, 0.3) is 0 Å².